The molecule has 0 saturated carbocycles. The lowest BCUT2D eigenvalue weighted by molar-refractivity contribution is -0.128. The first-order valence-electron chi connectivity index (χ1n) is 7.83. The number of carbonyl (C=O) groups is 1. The normalized spacial score (nSPS) is 23.2. The van der Waals surface area contributed by atoms with Gasteiger partial charge >= 0.3 is 0 Å². The van der Waals surface area contributed by atoms with E-state index in [-0.39, 0.29) is 5.91 Å². The summed E-state index contributed by atoms with van der Waals surface area (Å²) in [5, 5.41) is 6.06. The van der Waals surface area contributed by atoms with Crippen molar-refractivity contribution in [3.8, 4) is 0 Å². The minimum absolute atomic E-state index is 0.0897. The molecular formula is C16H23N3O3. The number of benzene rings is 1. The Hall–Kier alpha value is -1.47. The van der Waals surface area contributed by atoms with Crippen LogP contribution in [-0.4, -0.2) is 62.9 Å². The highest BCUT2D eigenvalue weighted by Gasteiger charge is 2.21. The molecule has 0 bridgehead atoms. The Morgan fingerprint density at radius 3 is 2.68 bits per heavy atom. The first-order chi connectivity index (χ1) is 10.8. The van der Waals surface area contributed by atoms with E-state index in [1.54, 1.807) is 0 Å². The van der Waals surface area contributed by atoms with Gasteiger partial charge in [0.15, 0.2) is 0 Å². The van der Waals surface area contributed by atoms with Crippen molar-refractivity contribution in [3.63, 3.8) is 0 Å². The SMILES string of the molecule is O=C(Nc1ccc(CN2CCOCC2)cc1)C1CNCCO1. The molecule has 2 aliphatic heterocycles. The van der Waals surface area contributed by atoms with Crippen LogP contribution in [0.15, 0.2) is 24.3 Å². The van der Waals surface area contributed by atoms with Crippen molar-refractivity contribution in [3.05, 3.63) is 29.8 Å². The minimum atomic E-state index is -0.401. The lowest BCUT2D eigenvalue weighted by atomic mass is 10.2. The van der Waals surface area contributed by atoms with Crippen molar-refractivity contribution in [2.24, 2.45) is 0 Å². The van der Waals surface area contributed by atoms with E-state index in [0.717, 1.165) is 45.1 Å². The molecule has 0 aliphatic carbocycles. The van der Waals surface area contributed by atoms with Gasteiger partial charge < -0.3 is 20.1 Å². The zero-order chi connectivity index (χ0) is 15.2. The molecule has 6 heteroatoms. The summed E-state index contributed by atoms with van der Waals surface area (Å²) in [6, 6.07) is 8.02. The van der Waals surface area contributed by atoms with Crippen LogP contribution in [0, 0.1) is 0 Å². The molecule has 22 heavy (non-hydrogen) atoms. The van der Waals surface area contributed by atoms with Gasteiger partial charge in [-0.15, -0.1) is 0 Å². The van der Waals surface area contributed by atoms with Crippen LogP contribution in [0.4, 0.5) is 5.69 Å². The average molecular weight is 305 g/mol. The second-order valence-electron chi connectivity index (χ2n) is 5.64. The molecule has 0 spiro atoms. The first-order valence-corrected chi connectivity index (χ1v) is 7.83. The Morgan fingerprint density at radius 2 is 2.00 bits per heavy atom. The monoisotopic (exact) mass is 305 g/mol. The summed E-state index contributed by atoms with van der Waals surface area (Å²) < 4.78 is 10.8. The zero-order valence-electron chi connectivity index (χ0n) is 12.7. The Bertz CT molecular complexity index is 480. The van der Waals surface area contributed by atoms with Crippen molar-refractivity contribution in [1.29, 1.82) is 0 Å². The van der Waals surface area contributed by atoms with E-state index in [1.165, 1.54) is 5.56 Å². The Kier molecular flexibility index (Phi) is 5.39. The van der Waals surface area contributed by atoms with Gasteiger partial charge in [-0.3, -0.25) is 9.69 Å². The number of nitrogens with zero attached hydrogens (tertiary/aromatic N) is 1. The molecular weight excluding hydrogens is 282 g/mol. The molecule has 2 aliphatic rings. The van der Waals surface area contributed by atoms with E-state index < -0.39 is 6.10 Å². The summed E-state index contributed by atoms with van der Waals surface area (Å²) in [7, 11) is 0. The number of morpholine rings is 2. The third kappa shape index (κ3) is 4.27. The van der Waals surface area contributed by atoms with Gasteiger partial charge in [-0.05, 0) is 17.7 Å². The number of anilines is 1. The molecule has 1 aromatic rings. The van der Waals surface area contributed by atoms with Crippen molar-refractivity contribution >= 4 is 11.6 Å². The third-order valence-electron chi connectivity index (χ3n) is 3.95. The number of hydrogen-bond acceptors (Lipinski definition) is 5. The van der Waals surface area contributed by atoms with Crippen LogP contribution in [-0.2, 0) is 20.8 Å². The zero-order valence-corrected chi connectivity index (χ0v) is 12.7. The number of carbonyl (C=O) groups excluding carboxylic acids is 1. The Labute approximate surface area is 130 Å². The predicted octanol–water partition coefficient (Wildman–Crippen LogP) is 0.446. The maximum absolute atomic E-state index is 12.1. The van der Waals surface area contributed by atoms with Gasteiger partial charge in [0.1, 0.15) is 6.10 Å². The molecule has 2 N–H and O–H groups in total. The highest BCUT2D eigenvalue weighted by molar-refractivity contribution is 5.94. The van der Waals surface area contributed by atoms with Gasteiger partial charge in [0.25, 0.3) is 5.91 Å². The summed E-state index contributed by atoms with van der Waals surface area (Å²) in [5.41, 5.74) is 2.06. The highest BCUT2D eigenvalue weighted by atomic mass is 16.5. The lowest BCUT2D eigenvalue weighted by Gasteiger charge is -2.26. The van der Waals surface area contributed by atoms with Crippen molar-refractivity contribution in [1.82, 2.24) is 10.2 Å². The van der Waals surface area contributed by atoms with Crippen LogP contribution in [0.1, 0.15) is 5.56 Å². The van der Waals surface area contributed by atoms with Gasteiger partial charge in [-0.2, -0.15) is 0 Å². The van der Waals surface area contributed by atoms with Crippen LogP contribution in [0.25, 0.3) is 0 Å². The molecule has 6 nitrogen and oxygen atoms in total. The lowest BCUT2D eigenvalue weighted by Crippen LogP contribution is -2.45. The van der Waals surface area contributed by atoms with E-state index >= 15 is 0 Å². The standard InChI is InChI=1S/C16H23N3O3/c20-16(15-11-17-5-8-22-15)18-14-3-1-13(2-4-14)12-19-6-9-21-10-7-19/h1-4,15,17H,5-12H2,(H,18,20). The molecule has 3 rings (SSSR count). The van der Waals surface area contributed by atoms with Crippen molar-refractivity contribution in [2.45, 2.75) is 12.6 Å². The largest absolute Gasteiger partial charge is 0.379 e. The molecule has 1 aromatic carbocycles. The maximum Gasteiger partial charge on any atom is 0.254 e. The summed E-state index contributed by atoms with van der Waals surface area (Å²) in [6.45, 7) is 6.45. The summed E-state index contributed by atoms with van der Waals surface area (Å²) in [6.07, 6.45) is -0.401. The third-order valence-corrected chi connectivity index (χ3v) is 3.95. The predicted molar refractivity (Wildman–Crippen MR) is 83.8 cm³/mol. The Balaban J connectivity index is 1.51. The second-order valence-corrected chi connectivity index (χ2v) is 5.64. The molecule has 2 fully saturated rings. The fraction of sp³-hybridized carbons (Fsp3) is 0.562. The van der Waals surface area contributed by atoms with Crippen molar-refractivity contribution < 1.29 is 14.3 Å². The number of amides is 1. The van der Waals surface area contributed by atoms with Crippen LogP contribution in [0.5, 0.6) is 0 Å². The molecule has 0 radical (unpaired) electrons. The maximum atomic E-state index is 12.1. The van der Waals surface area contributed by atoms with Gasteiger partial charge in [-0.1, -0.05) is 12.1 Å². The second kappa shape index (κ2) is 7.69. The van der Waals surface area contributed by atoms with E-state index in [0.29, 0.717) is 13.2 Å². The average Bonchev–Trinajstić information content (AvgIpc) is 2.58. The quantitative estimate of drug-likeness (QED) is 0.845. The molecule has 1 atom stereocenters. The van der Waals surface area contributed by atoms with Gasteiger partial charge in [0.05, 0.1) is 19.8 Å². The van der Waals surface area contributed by atoms with Gasteiger partial charge in [0.2, 0.25) is 0 Å². The van der Waals surface area contributed by atoms with E-state index in [9.17, 15) is 4.79 Å². The molecule has 2 heterocycles. The fourth-order valence-electron chi connectivity index (χ4n) is 2.67. The fourth-order valence-corrected chi connectivity index (χ4v) is 2.67. The van der Waals surface area contributed by atoms with Gasteiger partial charge in [0, 0.05) is 38.4 Å². The highest BCUT2D eigenvalue weighted by Crippen LogP contribution is 2.13. The topological polar surface area (TPSA) is 62.8 Å². The van der Waals surface area contributed by atoms with Crippen LogP contribution >= 0.6 is 0 Å². The molecule has 0 aromatic heterocycles. The Morgan fingerprint density at radius 1 is 1.23 bits per heavy atom. The van der Waals surface area contributed by atoms with E-state index in [4.69, 9.17) is 9.47 Å². The number of nitrogens with one attached hydrogen (secondary N) is 2. The summed E-state index contributed by atoms with van der Waals surface area (Å²) in [4.78, 5) is 14.4. The smallest absolute Gasteiger partial charge is 0.254 e. The first kappa shape index (κ1) is 15.4. The number of hydrogen-bond donors (Lipinski definition) is 2. The van der Waals surface area contributed by atoms with Crippen LogP contribution < -0.4 is 10.6 Å². The van der Waals surface area contributed by atoms with Crippen LogP contribution in [0.3, 0.4) is 0 Å². The minimum Gasteiger partial charge on any atom is -0.379 e. The summed E-state index contributed by atoms with van der Waals surface area (Å²) >= 11 is 0. The molecule has 120 valence electrons. The summed E-state index contributed by atoms with van der Waals surface area (Å²) in [5.74, 6) is -0.0897. The van der Waals surface area contributed by atoms with Gasteiger partial charge in [-0.25, -0.2) is 0 Å². The van der Waals surface area contributed by atoms with E-state index in [2.05, 4.69) is 27.7 Å². The molecule has 1 unspecified atom stereocenters. The molecule has 1 amide bonds. The van der Waals surface area contributed by atoms with Crippen LogP contribution in [0.2, 0.25) is 0 Å². The number of rotatable bonds is 4. The van der Waals surface area contributed by atoms with Crippen molar-refractivity contribution in [2.75, 3.05) is 51.3 Å². The number of ether oxygens (including phenoxy) is 2. The van der Waals surface area contributed by atoms with E-state index in [1.807, 2.05) is 12.1 Å². The molecule has 2 saturated heterocycles.